The summed E-state index contributed by atoms with van der Waals surface area (Å²) in [5, 5.41) is 9.02. The van der Waals surface area contributed by atoms with Gasteiger partial charge < -0.3 is 14.7 Å². The predicted octanol–water partition coefficient (Wildman–Crippen LogP) is 1.48. The zero-order valence-corrected chi connectivity index (χ0v) is 13.8. The minimum Gasteiger partial charge on any atom is -0.465 e. The van der Waals surface area contributed by atoms with E-state index in [9.17, 15) is 9.59 Å². The van der Waals surface area contributed by atoms with Crippen LogP contribution in [0.5, 0.6) is 0 Å². The maximum atomic E-state index is 11.6. The first-order chi connectivity index (χ1) is 10.8. The molecule has 0 atom stereocenters. The molecule has 1 aliphatic rings. The number of carbonyl (C=O) groups is 2. The lowest BCUT2D eigenvalue weighted by Crippen LogP contribution is -2.56. The molecule has 1 aromatic heterocycles. The van der Waals surface area contributed by atoms with Crippen molar-refractivity contribution in [2.75, 3.05) is 33.3 Å². The van der Waals surface area contributed by atoms with Crippen molar-refractivity contribution in [2.45, 2.75) is 25.8 Å². The van der Waals surface area contributed by atoms with E-state index in [0.717, 1.165) is 12.0 Å². The van der Waals surface area contributed by atoms with Crippen LogP contribution in [-0.2, 0) is 11.2 Å². The van der Waals surface area contributed by atoms with Crippen molar-refractivity contribution in [3.8, 4) is 0 Å². The van der Waals surface area contributed by atoms with Crippen molar-refractivity contribution >= 4 is 12.1 Å². The number of pyridine rings is 1. The van der Waals surface area contributed by atoms with Crippen LogP contribution in [-0.4, -0.2) is 70.8 Å². The molecule has 0 saturated carbocycles. The van der Waals surface area contributed by atoms with E-state index in [1.807, 2.05) is 0 Å². The zero-order valence-electron chi connectivity index (χ0n) is 13.8. The standard InChI is InChI=1S/C16H23N3O4/c1-16(2,19-6-4-18(5-7-19)15(21)22)9-12-8-13(11-17-10-12)14(20)23-3/h8,10-11H,4-7,9H2,1-3H3,(H,21,22). The van der Waals surface area contributed by atoms with Crippen LogP contribution < -0.4 is 0 Å². The van der Waals surface area contributed by atoms with Crippen LogP contribution in [0, 0.1) is 0 Å². The lowest BCUT2D eigenvalue weighted by Gasteiger charge is -2.43. The summed E-state index contributed by atoms with van der Waals surface area (Å²) in [5.74, 6) is -0.396. The minimum atomic E-state index is -0.863. The number of rotatable bonds is 4. The molecule has 23 heavy (non-hydrogen) atoms. The van der Waals surface area contributed by atoms with Gasteiger partial charge in [0.05, 0.1) is 12.7 Å². The molecule has 0 aliphatic carbocycles. The summed E-state index contributed by atoms with van der Waals surface area (Å²) in [6.07, 6.45) is 3.10. The van der Waals surface area contributed by atoms with Gasteiger partial charge in [0.2, 0.25) is 0 Å². The Balaban J connectivity index is 2.04. The van der Waals surface area contributed by atoms with Gasteiger partial charge in [-0.25, -0.2) is 9.59 Å². The van der Waals surface area contributed by atoms with E-state index in [1.54, 1.807) is 12.3 Å². The molecule has 1 saturated heterocycles. The lowest BCUT2D eigenvalue weighted by atomic mass is 9.92. The van der Waals surface area contributed by atoms with E-state index in [0.29, 0.717) is 31.7 Å². The number of aromatic nitrogens is 1. The van der Waals surface area contributed by atoms with E-state index in [4.69, 9.17) is 9.84 Å². The Morgan fingerprint density at radius 1 is 1.26 bits per heavy atom. The third-order valence-corrected chi connectivity index (χ3v) is 4.26. The second kappa shape index (κ2) is 6.95. The topological polar surface area (TPSA) is 83.0 Å². The first kappa shape index (κ1) is 17.2. The Morgan fingerprint density at radius 3 is 2.48 bits per heavy atom. The summed E-state index contributed by atoms with van der Waals surface area (Å²) in [4.78, 5) is 30.4. The molecular weight excluding hydrogens is 298 g/mol. The first-order valence-corrected chi connectivity index (χ1v) is 7.58. The average Bonchev–Trinajstić information content (AvgIpc) is 2.54. The molecule has 7 nitrogen and oxygen atoms in total. The Bertz CT molecular complexity index is 580. The third kappa shape index (κ3) is 4.19. The number of ether oxygens (including phenoxy) is 1. The summed E-state index contributed by atoms with van der Waals surface area (Å²) in [6.45, 7) is 6.66. The van der Waals surface area contributed by atoms with Crippen molar-refractivity contribution in [3.63, 3.8) is 0 Å². The largest absolute Gasteiger partial charge is 0.465 e. The molecule has 1 aliphatic heterocycles. The number of piperazine rings is 1. The maximum Gasteiger partial charge on any atom is 0.407 e. The van der Waals surface area contributed by atoms with Gasteiger partial charge in [-0.1, -0.05) is 0 Å². The molecule has 7 heteroatoms. The highest BCUT2D eigenvalue weighted by atomic mass is 16.5. The van der Waals surface area contributed by atoms with Crippen LogP contribution in [0.25, 0.3) is 0 Å². The molecule has 2 heterocycles. The SMILES string of the molecule is COC(=O)c1cncc(CC(C)(C)N2CCN(C(=O)O)CC2)c1. The molecule has 126 valence electrons. The summed E-state index contributed by atoms with van der Waals surface area (Å²) in [5.41, 5.74) is 1.25. The maximum absolute atomic E-state index is 11.6. The molecular formula is C16H23N3O4. The molecule has 1 N–H and O–H groups in total. The van der Waals surface area contributed by atoms with E-state index >= 15 is 0 Å². The van der Waals surface area contributed by atoms with Crippen molar-refractivity contribution in [1.29, 1.82) is 0 Å². The minimum absolute atomic E-state index is 0.152. The number of hydrogen-bond acceptors (Lipinski definition) is 5. The monoisotopic (exact) mass is 321 g/mol. The lowest BCUT2D eigenvalue weighted by molar-refractivity contribution is 0.0514. The van der Waals surface area contributed by atoms with E-state index < -0.39 is 12.1 Å². The van der Waals surface area contributed by atoms with Gasteiger partial charge >= 0.3 is 12.1 Å². The van der Waals surface area contributed by atoms with Crippen molar-refractivity contribution < 1.29 is 19.4 Å². The predicted molar refractivity (Wildman–Crippen MR) is 84.5 cm³/mol. The first-order valence-electron chi connectivity index (χ1n) is 7.58. The van der Waals surface area contributed by atoms with Crippen LogP contribution in [0.1, 0.15) is 29.8 Å². The number of hydrogen-bond donors (Lipinski definition) is 1. The average molecular weight is 321 g/mol. The van der Waals surface area contributed by atoms with Gasteiger partial charge in [-0.2, -0.15) is 0 Å². The summed E-state index contributed by atoms with van der Waals surface area (Å²) < 4.78 is 4.72. The Hall–Kier alpha value is -2.15. The molecule has 0 spiro atoms. The summed E-state index contributed by atoms with van der Waals surface area (Å²) in [6, 6.07) is 1.80. The highest BCUT2D eigenvalue weighted by Crippen LogP contribution is 2.22. The van der Waals surface area contributed by atoms with Crippen LogP contribution in [0.15, 0.2) is 18.5 Å². The zero-order chi connectivity index (χ0) is 17.0. The molecule has 0 aromatic carbocycles. The highest BCUT2D eigenvalue weighted by Gasteiger charge is 2.31. The molecule has 1 aromatic rings. The number of carboxylic acid groups (broad SMARTS) is 1. The van der Waals surface area contributed by atoms with Crippen LogP contribution in [0.3, 0.4) is 0 Å². The molecule has 2 rings (SSSR count). The van der Waals surface area contributed by atoms with Gasteiger partial charge in [0.15, 0.2) is 0 Å². The Morgan fingerprint density at radius 2 is 1.91 bits per heavy atom. The van der Waals surface area contributed by atoms with Gasteiger partial charge in [0.25, 0.3) is 0 Å². The Kier molecular flexibility index (Phi) is 5.20. The quantitative estimate of drug-likeness (QED) is 0.846. The molecule has 0 radical (unpaired) electrons. The second-order valence-corrected chi connectivity index (χ2v) is 6.32. The Labute approximate surface area is 135 Å². The van der Waals surface area contributed by atoms with Crippen LogP contribution in [0.2, 0.25) is 0 Å². The fourth-order valence-corrected chi connectivity index (χ4v) is 2.93. The van der Waals surface area contributed by atoms with Gasteiger partial charge in [-0.05, 0) is 31.9 Å². The molecule has 0 unspecified atom stereocenters. The number of nitrogens with zero attached hydrogens (tertiary/aromatic N) is 3. The second-order valence-electron chi connectivity index (χ2n) is 6.32. The highest BCUT2D eigenvalue weighted by molar-refractivity contribution is 5.89. The fraction of sp³-hybridized carbons (Fsp3) is 0.562. The molecule has 1 amide bonds. The van der Waals surface area contributed by atoms with Crippen molar-refractivity contribution in [1.82, 2.24) is 14.8 Å². The number of amides is 1. The van der Waals surface area contributed by atoms with E-state index in [1.165, 1.54) is 18.2 Å². The van der Waals surface area contributed by atoms with Gasteiger partial charge in [-0.15, -0.1) is 0 Å². The van der Waals surface area contributed by atoms with Crippen molar-refractivity contribution in [2.24, 2.45) is 0 Å². The van der Waals surface area contributed by atoms with Gasteiger partial charge in [0, 0.05) is 44.1 Å². The van der Waals surface area contributed by atoms with E-state index in [-0.39, 0.29) is 5.54 Å². The van der Waals surface area contributed by atoms with Crippen LogP contribution in [0.4, 0.5) is 4.79 Å². The van der Waals surface area contributed by atoms with Gasteiger partial charge in [0.1, 0.15) is 0 Å². The summed E-state index contributed by atoms with van der Waals surface area (Å²) in [7, 11) is 1.35. The fourth-order valence-electron chi connectivity index (χ4n) is 2.93. The van der Waals surface area contributed by atoms with E-state index in [2.05, 4.69) is 23.7 Å². The molecule has 0 bridgehead atoms. The van der Waals surface area contributed by atoms with Crippen LogP contribution >= 0.6 is 0 Å². The number of esters is 1. The molecule has 1 fully saturated rings. The summed E-state index contributed by atoms with van der Waals surface area (Å²) >= 11 is 0. The normalized spacial score (nSPS) is 16.2. The van der Waals surface area contributed by atoms with Crippen molar-refractivity contribution in [3.05, 3.63) is 29.6 Å². The smallest absolute Gasteiger partial charge is 0.407 e. The number of carbonyl (C=O) groups excluding carboxylic acids is 1. The number of methoxy groups -OCH3 is 1. The third-order valence-electron chi connectivity index (χ3n) is 4.26. The van der Waals surface area contributed by atoms with Gasteiger partial charge in [-0.3, -0.25) is 9.88 Å².